The van der Waals surface area contributed by atoms with Gasteiger partial charge in [0.2, 0.25) is 0 Å². The maximum Gasteiger partial charge on any atom is 0.191 e. The van der Waals surface area contributed by atoms with E-state index in [2.05, 4.69) is 0 Å². The molecule has 0 amide bonds. The van der Waals surface area contributed by atoms with Gasteiger partial charge in [-0.1, -0.05) is 18.7 Å². The van der Waals surface area contributed by atoms with Gasteiger partial charge in [0, 0.05) is 19.4 Å². The summed E-state index contributed by atoms with van der Waals surface area (Å²) in [5.74, 6) is 0.848. The van der Waals surface area contributed by atoms with Gasteiger partial charge in [0.05, 0.1) is 6.10 Å². The summed E-state index contributed by atoms with van der Waals surface area (Å²) in [4.78, 5) is 11.3. The minimum atomic E-state index is -0.0792. The predicted molar refractivity (Wildman–Crippen MR) is 57.3 cm³/mol. The van der Waals surface area contributed by atoms with Crippen LogP contribution in [0.3, 0.4) is 0 Å². The van der Waals surface area contributed by atoms with Crippen LogP contribution < -0.4 is 0 Å². The zero-order valence-corrected chi connectivity index (χ0v) is 9.64. The summed E-state index contributed by atoms with van der Waals surface area (Å²) >= 11 is 1.37. The first-order chi connectivity index (χ1) is 6.76. The molecular formula is C10H18O3S. The predicted octanol–water partition coefficient (Wildman–Crippen LogP) is 2.20. The van der Waals surface area contributed by atoms with Crippen LogP contribution in [-0.2, 0) is 14.3 Å². The number of carbonyl (C=O) groups excluding carboxylic acids is 1. The summed E-state index contributed by atoms with van der Waals surface area (Å²) in [7, 11) is 0. The van der Waals surface area contributed by atoms with Crippen LogP contribution in [0, 0.1) is 0 Å². The molecule has 0 aromatic carbocycles. The Hall–Kier alpha value is -0.0600. The first-order valence-corrected chi connectivity index (χ1v) is 6.17. The van der Waals surface area contributed by atoms with Crippen LogP contribution in [0.25, 0.3) is 0 Å². The van der Waals surface area contributed by atoms with E-state index in [1.165, 1.54) is 11.8 Å². The summed E-state index contributed by atoms with van der Waals surface area (Å²) in [6.45, 7) is 4.62. The molecule has 0 N–H and O–H groups in total. The monoisotopic (exact) mass is 218 g/mol. The highest BCUT2D eigenvalue weighted by Gasteiger charge is 2.27. The van der Waals surface area contributed by atoms with Gasteiger partial charge >= 0.3 is 0 Å². The Balaban J connectivity index is 2.18. The van der Waals surface area contributed by atoms with Crippen molar-refractivity contribution in [3.8, 4) is 0 Å². The number of thioether (sulfide) groups is 1. The molecule has 3 nitrogen and oxygen atoms in total. The molecule has 14 heavy (non-hydrogen) atoms. The van der Waals surface area contributed by atoms with Crippen molar-refractivity contribution in [2.45, 2.75) is 45.5 Å². The smallest absolute Gasteiger partial charge is 0.191 e. The summed E-state index contributed by atoms with van der Waals surface area (Å²) in [5, 5.41) is 0.231. The third-order valence-electron chi connectivity index (χ3n) is 2.12. The van der Waals surface area contributed by atoms with E-state index in [0.717, 1.165) is 18.6 Å². The molecule has 0 aromatic heterocycles. The van der Waals surface area contributed by atoms with Crippen LogP contribution in [0.5, 0.6) is 0 Å². The summed E-state index contributed by atoms with van der Waals surface area (Å²) in [6, 6.07) is 0. The molecule has 1 rings (SSSR count). The lowest BCUT2D eigenvalue weighted by molar-refractivity contribution is -0.135. The Bertz CT molecular complexity index is 184. The zero-order chi connectivity index (χ0) is 10.4. The maximum atomic E-state index is 11.3. The lowest BCUT2D eigenvalue weighted by Gasteiger charge is -2.12. The molecule has 4 heteroatoms. The molecule has 1 aliphatic heterocycles. The van der Waals surface area contributed by atoms with Crippen molar-refractivity contribution in [1.82, 2.24) is 0 Å². The highest BCUT2D eigenvalue weighted by Crippen LogP contribution is 2.24. The van der Waals surface area contributed by atoms with Crippen molar-refractivity contribution in [3.63, 3.8) is 0 Å². The molecule has 2 atom stereocenters. The van der Waals surface area contributed by atoms with E-state index in [-0.39, 0.29) is 17.5 Å². The Labute approximate surface area is 89.5 Å². The molecule has 82 valence electrons. The van der Waals surface area contributed by atoms with Crippen LogP contribution in [0.1, 0.15) is 33.1 Å². The fraction of sp³-hybridized carbons (Fsp3) is 0.900. The van der Waals surface area contributed by atoms with Gasteiger partial charge in [-0.2, -0.15) is 0 Å². The third kappa shape index (κ3) is 3.98. The van der Waals surface area contributed by atoms with E-state index in [4.69, 9.17) is 9.47 Å². The second-order valence-corrected chi connectivity index (χ2v) is 4.55. The highest BCUT2D eigenvalue weighted by molar-refractivity contribution is 8.13. The van der Waals surface area contributed by atoms with E-state index < -0.39 is 0 Å². The van der Waals surface area contributed by atoms with Gasteiger partial charge in [-0.15, -0.1) is 0 Å². The lowest BCUT2D eigenvalue weighted by atomic mass is 10.2. The van der Waals surface area contributed by atoms with Crippen molar-refractivity contribution in [2.24, 2.45) is 0 Å². The van der Waals surface area contributed by atoms with Gasteiger partial charge in [-0.3, -0.25) is 4.79 Å². The number of hydrogen-bond donors (Lipinski definition) is 0. The Kier molecular flexibility index (Phi) is 5.52. The molecule has 0 saturated carbocycles. The van der Waals surface area contributed by atoms with Crippen LogP contribution in [0.15, 0.2) is 0 Å². The minimum Gasteiger partial charge on any atom is -0.353 e. The van der Waals surface area contributed by atoms with Crippen molar-refractivity contribution in [1.29, 1.82) is 0 Å². The number of carbonyl (C=O) groups is 1. The van der Waals surface area contributed by atoms with E-state index >= 15 is 0 Å². The van der Waals surface area contributed by atoms with Crippen molar-refractivity contribution < 1.29 is 14.3 Å². The average Bonchev–Trinajstić information content (AvgIpc) is 2.53. The Morgan fingerprint density at radius 3 is 2.93 bits per heavy atom. The minimum absolute atomic E-state index is 0.0792. The molecular weight excluding hydrogens is 200 g/mol. The van der Waals surface area contributed by atoms with E-state index in [1.54, 1.807) is 0 Å². The summed E-state index contributed by atoms with van der Waals surface area (Å²) in [6.07, 6.45) is 2.40. The molecule has 0 bridgehead atoms. The molecule has 1 aliphatic rings. The average molecular weight is 218 g/mol. The molecule has 2 unspecified atom stereocenters. The summed E-state index contributed by atoms with van der Waals surface area (Å²) in [5.41, 5.74) is 0. The van der Waals surface area contributed by atoms with Crippen molar-refractivity contribution in [3.05, 3.63) is 0 Å². The molecule has 0 aliphatic carbocycles. The second kappa shape index (κ2) is 6.43. The van der Waals surface area contributed by atoms with Gasteiger partial charge < -0.3 is 9.47 Å². The standard InChI is InChI=1S/C10H18O3S/c1-3-12-10-6-5-8(13-10)7-9(11)14-4-2/h8,10H,3-7H2,1-2H3. The number of ether oxygens (including phenoxy) is 2. The molecule has 0 spiro atoms. The number of rotatable bonds is 5. The van der Waals surface area contributed by atoms with E-state index in [1.807, 2.05) is 13.8 Å². The quantitative estimate of drug-likeness (QED) is 0.708. The largest absolute Gasteiger partial charge is 0.353 e. The van der Waals surface area contributed by atoms with Crippen LogP contribution in [0.2, 0.25) is 0 Å². The van der Waals surface area contributed by atoms with Crippen LogP contribution in [0.4, 0.5) is 0 Å². The molecule has 0 aromatic rings. The molecule has 1 heterocycles. The van der Waals surface area contributed by atoms with E-state index in [9.17, 15) is 4.79 Å². The van der Waals surface area contributed by atoms with Gasteiger partial charge in [-0.05, 0) is 19.1 Å². The fourth-order valence-corrected chi connectivity index (χ4v) is 2.16. The zero-order valence-electron chi connectivity index (χ0n) is 8.82. The van der Waals surface area contributed by atoms with Gasteiger partial charge in [0.15, 0.2) is 11.4 Å². The Morgan fingerprint density at radius 2 is 2.29 bits per heavy atom. The van der Waals surface area contributed by atoms with E-state index in [0.29, 0.717) is 13.0 Å². The maximum absolute atomic E-state index is 11.3. The van der Waals surface area contributed by atoms with Gasteiger partial charge in [0.25, 0.3) is 0 Å². The first-order valence-electron chi connectivity index (χ1n) is 5.19. The third-order valence-corrected chi connectivity index (χ3v) is 2.90. The van der Waals surface area contributed by atoms with Crippen molar-refractivity contribution in [2.75, 3.05) is 12.4 Å². The normalized spacial score (nSPS) is 26.7. The van der Waals surface area contributed by atoms with Gasteiger partial charge in [-0.25, -0.2) is 0 Å². The van der Waals surface area contributed by atoms with Crippen molar-refractivity contribution >= 4 is 16.9 Å². The lowest BCUT2D eigenvalue weighted by Crippen LogP contribution is -2.16. The van der Waals surface area contributed by atoms with Crippen LogP contribution in [-0.4, -0.2) is 29.9 Å². The molecule has 1 saturated heterocycles. The second-order valence-electron chi connectivity index (χ2n) is 3.23. The fourth-order valence-electron chi connectivity index (χ4n) is 1.54. The Morgan fingerprint density at radius 1 is 1.50 bits per heavy atom. The topological polar surface area (TPSA) is 35.5 Å². The summed E-state index contributed by atoms with van der Waals surface area (Å²) < 4.78 is 10.9. The van der Waals surface area contributed by atoms with Crippen LogP contribution >= 0.6 is 11.8 Å². The first kappa shape index (κ1) is 12.0. The van der Waals surface area contributed by atoms with Gasteiger partial charge in [0.1, 0.15) is 0 Å². The SMILES string of the molecule is CCOC1CCC(CC(=O)SCC)O1. The molecule has 1 fully saturated rings. The number of hydrogen-bond acceptors (Lipinski definition) is 4. The molecule has 0 radical (unpaired) electrons. The highest BCUT2D eigenvalue weighted by atomic mass is 32.2.